The first-order valence-corrected chi connectivity index (χ1v) is 6.70. The van der Waals surface area contributed by atoms with E-state index in [9.17, 15) is 9.59 Å². The van der Waals surface area contributed by atoms with E-state index in [0.29, 0.717) is 11.3 Å². The zero-order valence-corrected chi connectivity index (χ0v) is 12.4. The predicted octanol–water partition coefficient (Wildman–Crippen LogP) is 1.94. The second-order valence-corrected chi connectivity index (χ2v) is 4.81. The van der Waals surface area contributed by atoms with Crippen LogP contribution in [0.15, 0.2) is 48.8 Å². The third-order valence-corrected chi connectivity index (χ3v) is 2.90. The Hall–Kier alpha value is -2.89. The van der Waals surface area contributed by atoms with E-state index >= 15 is 0 Å². The molecule has 0 spiro atoms. The van der Waals surface area contributed by atoms with Gasteiger partial charge in [-0.1, -0.05) is 0 Å². The number of carbonyl (C=O) groups excluding carboxylic acids is 2. The van der Waals surface area contributed by atoms with Crippen molar-refractivity contribution in [1.82, 2.24) is 4.98 Å². The Balaban J connectivity index is 1.84. The molecule has 1 aromatic carbocycles. The van der Waals surface area contributed by atoms with Gasteiger partial charge in [-0.2, -0.15) is 0 Å². The highest BCUT2D eigenvalue weighted by Crippen LogP contribution is 2.15. The van der Waals surface area contributed by atoms with Crippen LogP contribution in [0, 0.1) is 0 Å². The number of hydrogen-bond acceptors (Lipinski definition) is 5. The monoisotopic (exact) mass is 299 g/mol. The summed E-state index contributed by atoms with van der Waals surface area (Å²) in [6.45, 7) is -0.344. The van der Waals surface area contributed by atoms with Crippen LogP contribution in [0.25, 0.3) is 0 Å². The zero-order valence-electron chi connectivity index (χ0n) is 12.4. The molecule has 1 N–H and O–H groups in total. The van der Waals surface area contributed by atoms with Crippen molar-refractivity contribution < 1.29 is 14.3 Å². The summed E-state index contributed by atoms with van der Waals surface area (Å²) in [4.78, 5) is 29.2. The number of amides is 1. The van der Waals surface area contributed by atoms with Gasteiger partial charge < -0.3 is 15.0 Å². The van der Waals surface area contributed by atoms with Crippen LogP contribution in [0.3, 0.4) is 0 Å². The molecule has 0 aliphatic carbocycles. The van der Waals surface area contributed by atoms with E-state index in [-0.39, 0.29) is 6.61 Å². The van der Waals surface area contributed by atoms with Crippen molar-refractivity contribution in [3.63, 3.8) is 0 Å². The molecule has 0 fully saturated rings. The number of hydrogen-bond donors (Lipinski definition) is 1. The normalized spacial score (nSPS) is 9.91. The van der Waals surface area contributed by atoms with Gasteiger partial charge in [-0.15, -0.1) is 0 Å². The molecular weight excluding hydrogens is 282 g/mol. The summed E-state index contributed by atoms with van der Waals surface area (Å²) in [7, 11) is 3.87. The van der Waals surface area contributed by atoms with Gasteiger partial charge in [0.1, 0.15) is 0 Å². The Labute approximate surface area is 128 Å². The first-order valence-electron chi connectivity index (χ1n) is 6.70. The predicted molar refractivity (Wildman–Crippen MR) is 83.9 cm³/mol. The minimum atomic E-state index is -0.578. The Kier molecular flexibility index (Phi) is 5.08. The van der Waals surface area contributed by atoms with Crippen LogP contribution in [0.2, 0.25) is 0 Å². The number of anilines is 2. The molecule has 0 saturated carbocycles. The van der Waals surface area contributed by atoms with Gasteiger partial charge in [0, 0.05) is 37.9 Å². The first kappa shape index (κ1) is 15.5. The summed E-state index contributed by atoms with van der Waals surface area (Å²) in [6, 6.07) is 10.6. The third-order valence-electron chi connectivity index (χ3n) is 2.90. The maximum Gasteiger partial charge on any atom is 0.340 e. The van der Waals surface area contributed by atoms with E-state index in [1.807, 2.05) is 31.1 Å². The SMILES string of the molecule is CN(C)c1ccc(NC(=O)COC(=O)c2cccnc2)cc1. The Morgan fingerprint density at radius 1 is 1.18 bits per heavy atom. The van der Waals surface area contributed by atoms with Crippen LogP contribution >= 0.6 is 0 Å². The molecule has 0 unspecified atom stereocenters. The van der Waals surface area contributed by atoms with E-state index in [1.54, 1.807) is 30.5 Å². The molecule has 1 heterocycles. The number of pyridine rings is 1. The van der Waals surface area contributed by atoms with Crippen LogP contribution < -0.4 is 10.2 Å². The molecule has 0 bridgehead atoms. The lowest BCUT2D eigenvalue weighted by Crippen LogP contribution is -2.21. The van der Waals surface area contributed by atoms with Gasteiger partial charge in [-0.25, -0.2) is 4.79 Å². The minimum absolute atomic E-state index is 0.311. The van der Waals surface area contributed by atoms with Crippen molar-refractivity contribution in [2.75, 3.05) is 30.9 Å². The fourth-order valence-electron chi connectivity index (χ4n) is 1.74. The van der Waals surface area contributed by atoms with Crippen molar-refractivity contribution in [3.8, 4) is 0 Å². The van der Waals surface area contributed by atoms with Gasteiger partial charge in [0.2, 0.25) is 0 Å². The number of carbonyl (C=O) groups is 2. The molecule has 114 valence electrons. The maximum absolute atomic E-state index is 11.8. The van der Waals surface area contributed by atoms with Crippen molar-refractivity contribution >= 4 is 23.3 Å². The molecule has 22 heavy (non-hydrogen) atoms. The number of ether oxygens (including phenoxy) is 1. The fourth-order valence-corrected chi connectivity index (χ4v) is 1.74. The second-order valence-electron chi connectivity index (χ2n) is 4.81. The highest BCUT2D eigenvalue weighted by atomic mass is 16.5. The lowest BCUT2D eigenvalue weighted by Gasteiger charge is -2.13. The van der Waals surface area contributed by atoms with Crippen molar-refractivity contribution in [2.24, 2.45) is 0 Å². The lowest BCUT2D eigenvalue weighted by molar-refractivity contribution is -0.119. The topological polar surface area (TPSA) is 71.5 Å². The Bertz CT molecular complexity index is 639. The van der Waals surface area contributed by atoms with E-state index < -0.39 is 11.9 Å². The summed E-state index contributed by atoms with van der Waals surface area (Å²) in [5.74, 6) is -0.971. The zero-order chi connectivity index (χ0) is 15.9. The van der Waals surface area contributed by atoms with Crippen LogP contribution in [0.1, 0.15) is 10.4 Å². The molecule has 0 radical (unpaired) electrons. The summed E-state index contributed by atoms with van der Waals surface area (Å²) < 4.78 is 4.92. The quantitative estimate of drug-likeness (QED) is 0.854. The van der Waals surface area contributed by atoms with Gasteiger partial charge >= 0.3 is 5.97 Å². The molecule has 0 aliphatic rings. The highest BCUT2D eigenvalue weighted by molar-refractivity contribution is 5.95. The fraction of sp³-hybridized carbons (Fsp3) is 0.188. The smallest absolute Gasteiger partial charge is 0.340 e. The molecule has 2 rings (SSSR count). The number of nitrogens with zero attached hydrogens (tertiary/aromatic N) is 2. The van der Waals surface area contributed by atoms with E-state index in [2.05, 4.69) is 10.3 Å². The van der Waals surface area contributed by atoms with Crippen LogP contribution in [-0.2, 0) is 9.53 Å². The summed E-state index contributed by atoms with van der Waals surface area (Å²) in [6.07, 6.45) is 2.95. The Morgan fingerprint density at radius 2 is 1.91 bits per heavy atom. The molecule has 0 aliphatic heterocycles. The van der Waals surface area contributed by atoms with Gasteiger partial charge in [-0.05, 0) is 36.4 Å². The number of aromatic nitrogens is 1. The van der Waals surface area contributed by atoms with Crippen LogP contribution in [0.4, 0.5) is 11.4 Å². The summed E-state index contributed by atoms with van der Waals surface area (Å²) in [5.41, 5.74) is 1.99. The number of nitrogens with one attached hydrogen (secondary N) is 1. The van der Waals surface area contributed by atoms with E-state index in [4.69, 9.17) is 4.74 Å². The molecule has 2 aromatic rings. The van der Waals surface area contributed by atoms with Crippen LogP contribution in [-0.4, -0.2) is 37.6 Å². The van der Waals surface area contributed by atoms with E-state index in [0.717, 1.165) is 5.69 Å². The van der Waals surface area contributed by atoms with Gasteiger partial charge in [0.25, 0.3) is 5.91 Å². The van der Waals surface area contributed by atoms with Gasteiger partial charge in [-0.3, -0.25) is 9.78 Å². The standard InChI is InChI=1S/C16H17N3O3/c1-19(2)14-7-5-13(6-8-14)18-15(20)11-22-16(21)12-4-3-9-17-10-12/h3-10H,11H2,1-2H3,(H,18,20). The van der Waals surface area contributed by atoms with Crippen LogP contribution in [0.5, 0.6) is 0 Å². The maximum atomic E-state index is 11.8. The average molecular weight is 299 g/mol. The highest BCUT2D eigenvalue weighted by Gasteiger charge is 2.10. The average Bonchev–Trinajstić information content (AvgIpc) is 2.54. The number of benzene rings is 1. The first-order chi connectivity index (χ1) is 10.6. The number of rotatable bonds is 5. The molecule has 1 amide bonds. The second kappa shape index (κ2) is 7.21. The molecule has 0 saturated heterocycles. The summed E-state index contributed by atoms with van der Waals surface area (Å²) in [5, 5.41) is 2.66. The van der Waals surface area contributed by atoms with Crippen molar-refractivity contribution in [3.05, 3.63) is 54.4 Å². The third kappa shape index (κ3) is 4.31. The van der Waals surface area contributed by atoms with E-state index in [1.165, 1.54) is 6.20 Å². The number of esters is 1. The van der Waals surface area contributed by atoms with Gasteiger partial charge in [0.15, 0.2) is 6.61 Å². The molecule has 1 aromatic heterocycles. The lowest BCUT2D eigenvalue weighted by atomic mass is 10.2. The van der Waals surface area contributed by atoms with Crippen molar-refractivity contribution in [2.45, 2.75) is 0 Å². The largest absolute Gasteiger partial charge is 0.452 e. The molecular formula is C16H17N3O3. The molecule has 6 nitrogen and oxygen atoms in total. The Morgan fingerprint density at radius 3 is 2.50 bits per heavy atom. The molecule has 0 atom stereocenters. The van der Waals surface area contributed by atoms with Gasteiger partial charge in [0.05, 0.1) is 5.56 Å². The minimum Gasteiger partial charge on any atom is -0.452 e. The van der Waals surface area contributed by atoms with Crippen molar-refractivity contribution in [1.29, 1.82) is 0 Å². The summed E-state index contributed by atoms with van der Waals surface area (Å²) >= 11 is 0. The molecule has 6 heteroatoms.